The van der Waals surface area contributed by atoms with E-state index < -0.39 is 34.8 Å². The second-order valence-corrected chi connectivity index (χ2v) is 12.0. The number of hydrogen-bond acceptors (Lipinski definition) is 6. The molecule has 3 N–H and O–H groups in total. The molecule has 246 valence electrons. The lowest BCUT2D eigenvalue weighted by Gasteiger charge is -2.19. The number of esters is 1. The van der Waals surface area contributed by atoms with E-state index in [9.17, 15) is 23.6 Å². The van der Waals surface area contributed by atoms with Gasteiger partial charge in [-0.05, 0) is 66.2 Å². The molecule has 11 heteroatoms. The summed E-state index contributed by atoms with van der Waals surface area (Å²) in [4.78, 5) is 53.3. The van der Waals surface area contributed by atoms with Gasteiger partial charge in [-0.2, -0.15) is 0 Å². The number of methoxy groups -OCH3 is 1. The minimum atomic E-state index is -0.762. The molecule has 0 fully saturated rings. The third-order valence-electron chi connectivity index (χ3n) is 7.09. The first kappa shape index (κ1) is 34.6. The van der Waals surface area contributed by atoms with Crippen molar-refractivity contribution in [3.8, 4) is 0 Å². The van der Waals surface area contributed by atoms with E-state index >= 15 is 0 Å². The van der Waals surface area contributed by atoms with Gasteiger partial charge in [0.05, 0.1) is 23.4 Å². The van der Waals surface area contributed by atoms with E-state index in [2.05, 4.69) is 16.0 Å². The lowest BCUT2D eigenvalue weighted by atomic mass is 10.1. The molecule has 0 heterocycles. The number of halogens is 2. The maximum Gasteiger partial charge on any atom is 0.339 e. The minimum absolute atomic E-state index is 0.0529. The number of para-hydroxylation sites is 1. The van der Waals surface area contributed by atoms with Crippen molar-refractivity contribution in [3.63, 3.8) is 0 Å². The van der Waals surface area contributed by atoms with E-state index in [0.29, 0.717) is 27.4 Å². The van der Waals surface area contributed by atoms with Gasteiger partial charge in [0.25, 0.3) is 11.8 Å². The smallest absolute Gasteiger partial charge is 0.339 e. The maximum absolute atomic E-state index is 14.7. The Kier molecular flexibility index (Phi) is 11.6. The SMILES string of the molecule is COC(=O)c1ccccc1NC(=O)C(Sc1cccc(NC(=O)/C(=C\c2c(F)cccc2Cl)NC(=O)c2ccccc2)c1)c1ccccc1. The predicted octanol–water partition coefficient (Wildman–Crippen LogP) is 8.15. The van der Waals surface area contributed by atoms with Crippen LogP contribution in [-0.2, 0) is 14.3 Å². The van der Waals surface area contributed by atoms with Crippen molar-refractivity contribution in [3.05, 3.63) is 166 Å². The summed E-state index contributed by atoms with van der Waals surface area (Å²) in [5.74, 6) is -2.97. The van der Waals surface area contributed by atoms with Gasteiger partial charge in [0, 0.05) is 21.7 Å². The Labute approximate surface area is 291 Å². The number of carbonyl (C=O) groups excluding carboxylic acids is 4. The molecule has 1 atom stereocenters. The van der Waals surface area contributed by atoms with Crippen LogP contribution in [0.4, 0.5) is 15.8 Å². The van der Waals surface area contributed by atoms with Crippen molar-refractivity contribution in [1.82, 2.24) is 5.32 Å². The van der Waals surface area contributed by atoms with E-state index in [1.807, 2.05) is 30.3 Å². The number of rotatable bonds is 11. The van der Waals surface area contributed by atoms with Gasteiger partial charge < -0.3 is 20.7 Å². The van der Waals surface area contributed by atoms with E-state index in [1.165, 1.54) is 43.1 Å². The van der Waals surface area contributed by atoms with Crippen LogP contribution in [0.2, 0.25) is 5.02 Å². The highest BCUT2D eigenvalue weighted by Crippen LogP contribution is 2.37. The second kappa shape index (κ2) is 16.4. The summed E-state index contributed by atoms with van der Waals surface area (Å²) >= 11 is 7.45. The Bertz CT molecular complexity index is 2000. The molecule has 0 spiro atoms. The molecular weight excluding hydrogens is 665 g/mol. The van der Waals surface area contributed by atoms with Crippen molar-refractivity contribution >= 4 is 64.5 Å². The number of amides is 3. The molecule has 5 aromatic rings. The summed E-state index contributed by atoms with van der Waals surface area (Å²) < 4.78 is 19.6. The highest BCUT2D eigenvalue weighted by molar-refractivity contribution is 8.00. The molecule has 0 aromatic heterocycles. The molecule has 1 unspecified atom stereocenters. The number of nitrogens with one attached hydrogen (secondary N) is 3. The number of ether oxygens (including phenoxy) is 1. The molecular formula is C38H29ClFN3O5S. The molecule has 0 bridgehead atoms. The maximum atomic E-state index is 14.7. The molecule has 5 aromatic carbocycles. The quantitative estimate of drug-likeness (QED) is 0.0731. The van der Waals surface area contributed by atoms with Crippen LogP contribution in [0, 0.1) is 5.82 Å². The van der Waals surface area contributed by atoms with E-state index in [-0.39, 0.29) is 21.8 Å². The number of carbonyl (C=O) groups is 4. The van der Waals surface area contributed by atoms with Crippen LogP contribution in [0.15, 0.2) is 138 Å². The van der Waals surface area contributed by atoms with Crippen LogP contribution >= 0.6 is 23.4 Å². The Morgan fingerprint density at radius 2 is 1.47 bits per heavy atom. The lowest BCUT2D eigenvalue weighted by molar-refractivity contribution is -0.116. The first-order valence-electron chi connectivity index (χ1n) is 14.9. The molecule has 0 saturated heterocycles. The number of benzene rings is 5. The zero-order chi connectivity index (χ0) is 34.8. The molecule has 3 amide bonds. The molecule has 0 radical (unpaired) electrons. The highest BCUT2D eigenvalue weighted by Gasteiger charge is 2.25. The van der Waals surface area contributed by atoms with Crippen LogP contribution in [0.5, 0.6) is 0 Å². The third kappa shape index (κ3) is 9.01. The van der Waals surface area contributed by atoms with Gasteiger partial charge in [-0.25, -0.2) is 9.18 Å². The first-order chi connectivity index (χ1) is 23.7. The Morgan fingerprint density at radius 1 is 0.796 bits per heavy atom. The van der Waals surface area contributed by atoms with Gasteiger partial charge in [-0.1, -0.05) is 84.4 Å². The minimum Gasteiger partial charge on any atom is -0.465 e. The second-order valence-electron chi connectivity index (χ2n) is 10.4. The van der Waals surface area contributed by atoms with Gasteiger partial charge >= 0.3 is 5.97 Å². The average molecular weight is 694 g/mol. The van der Waals surface area contributed by atoms with E-state index in [1.54, 1.807) is 78.9 Å². The first-order valence-corrected chi connectivity index (χ1v) is 16.1. The number of hydrogen-bond donors (Lipinski definition) is 3. The number of anilines is 2. The summed E-state index contributed by atoms with van der Waals surface area (Å²) in [6, 6.07) is 34.8. The predicted molar refractivity (Wildman–Crippen MR) is 190 cm³/mol. The molecule has 0 aliphatic carbocycles. The summed E-state index contributed by atoms with van der Waals surface area (Å²) in [6.07, 6.45) is 1.17. The van der Waals surface area contributed by atoms with Crippen molar-refractivity contribution < 1.29 is 28.3 Å². The molecule has 0 saturated carbocycles. The molecule has 0 aliphatic rings. The fourth-order valence-electron chi connectivity index (χ4n) is 4.70. The third-order valence-corrected chi connectivity index (χ3v) is 8.67. The fourth-order valence-corrected chi connectivity index (χ4v) is 6.00. The van der Waals surface area contributed by atoms with E-state index in [4.69, 9.17) is 16.3 Å². The van der Waals surface area contributed by atoms with Gasteiger partial charge in [0.1, 0.15) is 16.8 Å². The zero-order valence-electron chi connectivity index (χ0n) is 26.0. The van der Waals surface area contributed by atoms with Crippen LogP contribution in [0.1, 0.15) is 37.1 Å². The van der Waals surface area contributed by atoms with Crippen molar-refractivity contribution in [2.24, 2.45) is 0 Å². The monoisotopic (exact) mass is 693 g/mol. The van der Waals surface area contributed by atoms with Crippen molar-refractivity contribution in [1.29, 1.82) is 0 Å². The number of thioether (sulfide) groups is 1. The van der Waals surface area contributed by atoms with Crippen LogP contribution in [0.3, 0.4) is 0 Å². The lowest BCUT2D eigenvalue weighted by Crippen LogP contribution is -2.30. The van der Waals surface area contributed by atoms with Gasteiger partial charge in [-0.15, -0.1) is 11.8 Å². The van der Waals surface area contributed by atoms with Crippen molar-refractivity contribution in [2.75, 3.05) is 17.7 Å². The largest absolute Gasteiger partial charge is 0.465 e. The van der Waals surface area contributed by atoms with Crippen LogP contribution in [-0.4, -0.2) is 30.8 Å². The summed E-state index contributed by atoms with van der Waals surface area (Å²) in [7, 11) is 1.26. The molecule has 0 aliphatic heterocycles. The van der Waals surface area contributed by atoms with Crippen LogP contribution in [0.25, 0.3) is 6.08 Å². The van der Waals surface area contributed by atoms with Gasteiger partial charge in [0.15, 0.2) is 0 Å². The Morgan fingerprint density at radius 3 is 2.18 bits per heavy atom. The Hall–Kier alpha value is -5.71. The topological polar surface area (TPSA) is 114 Å². The van der Waals surface area contributed by atoms with Crippen LogP contribution < -0.4 is 16.0 Å². The van der Waals surface area contributed by atoms with Crippen molar-refractivity contribution in [2.45, 2.75) is 10.1 Å². The summed E-state index contributed by atoms with van der Waals surface area (Å²) in [6.45, 7) is 0. The van der Waals surface area contributed by atoms with Gasteiger partial charge in [-0.3, -0.25) is 14.4 Å². The fraction of sp³-hybridized carbons (Fsp3) is 0.0526. The average Bonchev–Trinajstić information content (AvgIpc) is 3.12. The van der Waals surface area contributed by atoms with Gasteiger partial charge in [0.2, 0.25) is 5.91 Å². The standard InChI is InChI=1S/C38H29ClFN3O5S/c1-48-38(47)28-18-8-9-21-32(28)42-37(46)34(24-12-4-2-5-13-24)49-27-17-10-16-26(22-27)41-36(45)33(23-29-30(39)19-11-20-31(29)40)43-35(44)25-14-6-3-7-15-25/h2-23,34H,1H3,(H,41,45)(H,42,46)(H,43,44)/b33-23+. The Balaban J connectivity index is 1.41. The molecule has 5 rings (SSSR count). The summed E-state index contributed by atoms with van der Waals surface area (Å²) in [5.41, 5.74) is 1.53. The van der Waals surface area contributed by atoms with E-state index in [0.717, 1.165) is 0 Å². The molecule has 8 nitrogen and oxygen atoms in total. The molecule has 49 heavy (non-hydrogen) atoms. The summed E-state index contributed by atoms with van der Waals surface area (Å²) in [5, 5.41) is 7.47. The zero-order valence-corrected chi connectivity index (χ0v) is 27.6. The highest BCUT2D eigenvalue weighted by atomic mass is 35.5. The normalized spacial score (nSPS) is 11.6.